The van der Waals surface area contributed by atoms with Gasteiger partial charge in [-0.25, -0.2) is 4.98 Å². The van der Waals surface area contributed by atoms with Crippen molar-refractivity contribution in [1.29, 1.82) is 0 Å². The lowest BCUT2D eigenvalue weighted by atomic mass is 10.2. The van der Waals surface area contributed by atoms with E-state index in [-0.39, 0.29) is 5.91 Å². The maximum Gasteiger partial charge on any atom is 0.267 e. The first-order chi connectivity index (χ1) is 10.8. The topological polar surface area (TPSA) is 59.8 Å². The summed E-state index contributed by atoms with van der Waals surface area (Å²) in [6, 6.07) is 7.49. The molecule has 0 bridgehead atoms. The van der Waals surface area contributed by atoms with Gasteiger partial charge in [0.1, 0.15) is 4.88 Å². The molecule has 0 atom stereocenters. The Kier molecular flexibility index (Phi) is 4.29. The standard InChI is InChI=1S/C16H16N4OS/c1-2-6-13-14(15(21)18-12-7-5-8-17-11-12)22-16(19-13)20-9-3-4-10-20/h3-5,7-11H,2,6H2,1H3,(H,18,21). The predicted molar refractivity (Wildman–Crippen MR) is 87.6 cm³/mol. The van der Waals surface area contributed by atoms with E-state index < -0.39 is 0 Å². The molecule has 112 valence electrons. The zero-order valence-corrected chi connectivity index (χ0v) is 13.0. The van der Waals surface area contributed by atoms with Crippen LogP contribution in [0.25, 0.3) is 5.13 Å². The van der Waals surface area contributed by atoms with Crippen LogP contribution in [0, 0.1) is 0 Å². The molecule has 0 aliphatic carbocycles. The summed E-state index contributed by atoms with van der Waals surface area (Å²) >= 11 is 1.40. The third-order valence-electron chi connectivity index (χ3n) is 3.12. The average Bonchev–Trinajstić information content (AvgIpc) is 3.17. The highest BCUT2D eigenvalue weighted by atomic mass is 32.1. The van der Waals surface area contributed by atoms with Crippen LogP contribution in [0.5, 0.6) is 0 Å². The molecule has 0 aromatic carbocycles. The lowest BCUT2D eigenvalue weighted by molar-refractivity contribution is 0.102. The largest absolute Gasteiger partial charge is 0.320 e. The quantitative estimate of drug-likeness (QED) is 0.784. The molecule has 0 aliphatic heterocycles. The second-order valence-electron chi connectivity index (χ2n) is 4.81. The lowest BCUT2D eigenvalue weighted by Gasteiger charge is -2.03. The fourth-order valence-electron chi connectivity index (χ4n) is 2.12. The Hall–Kier alpha value is -2.47. The number of hydrogen-bond acceptors (Lipinski definition) is 4. The smallest absolute Gasteiger partial charge is 0.267 e. The summed E-state index contributed by atoms with van der Waals surface area (Å²) in [5, 5.41) is 3.69. The van der Waals surface area contributed by atoms with Gasteiger partial charge in [0.05, 0.1) is 17.6 Å². The van der Waals surface area contributed by atoms with Crippen LogP contribution in [0.3, 0.4) is 0 Å². The highest BCUT2D eigenvalue weighted by Crippen LogP contribution is 2.24. The van der Waals surface area contributed by atoms with Crippen molar-refractivity contribution in [2.45, 2.75) is 19.8 Å². The molecule has 6 heteroatoms. The van der Waals surface area contributed by atoms with Crippen LogP contribution in [0.1, 0.15) is 28.7 Å². The maximum absolute atomic E-state index is 12.5. The molecular weight excluding hydrogens is 296 g/mol. The fourth-order valence-corrected chi connectivity index (χ4v) is 3.09. The molecule has 3 rings (SSSR count). The third kappa shape index (κ3) is 3.07. The first kappa shape index (κ1) is 14.5. The van der Waals surface area contributed by atoms with Crippen molar-refractivity contribution in [1.82, 2.24) is 14.5 Å². The first-order valence-corrected chi connectivity index (χ1v) is 7.94. The Morgan fingerprint density at radius 1 is 1.32 bits per heavy atom. The summed E-state index contributed by atoms with van der Waals surface area (Å²) in [6.45, 7) is 2.08. The highest BCUT2D eigenvalue weighted by molar-refractivity contribution is 7.16. The summed E-state index contributed by atoms with van der Waals surface area (Å²) in [4.78, 5) is 21.8. The van der Waals surface area contributed by atoms with Crippen molar-refractivity contribution < 1.29 is 4.79 Å². The van der Waals surface area contributed by atoms with Crippen molar-refractivity contribution in [2.75, 3.05) is 5.32 Å². The van der Waals surface area contributed by atoms with E-state index in [0.29, 0.717) is 10.6 Å². The molecule has 22 heavy (non-hydrogen) atoms. The molecule has 1 amide bonds. The Morgan fingerprint density at radius 2 is 2.14 bits per heavy atom. The molecule has 5 nitrogen and oxygen atoms in total. The van der Waals surface area contributed by atoms with Crippen LogP contribution in [0.4, 0.5) is 5.69 Å². The Balaban J connectivity index is 1.89. The monoisotopic (exact) mass is 312 g/mol. The summed E-state index contributed by atoms with van der Waals surface area (Å²) in [5.41, 5.74) is 1.53. The van der Waals surface area contributed by atoms with E-state index in [1.807, 2.05) is 35.2 Å². The number of aryl methyl sites for hydroxylation is 1. The fraction of sp³-hybridized carbons (Fsp3) is 0.188. The number of anilines is 1. The molecular formula is C16H16N4OS. The van der Waals surface area contributed by atoms with Gasteiger partial charge in [0, 0.05) is 18.6 Å². The van der Waals surface area contributed by atoms with Crippen LogP contribution < -0.4 is 5.32 Å². The first-order valence-electron chi connectivity index (χ1n) is 7.12. The van der Waals surface area contributed by atoms with Crippen LogP contribution >= 0.6 is 11.3 Å². The Labute approximate surface area is 132 Å². The minimum Gasteiger partial charge on any atom is -0.320 e. The van der Waals surface area contributed by atoms with Gasteiger partial charge >= 0.3 is 0 Å². The Morgan fingerprint density at radius 3 is 2.82 bits per heavy atom. The minimum atomic E-state index is -0.132. The molecule has 3 aromatic rings. The van der Waals surface area contributed by atoms with Gasteiger partial charge in [0.25, 0.3) is 5.91 Å². The molecule has 0 aliphatic rings. The number of rotatable bonds is 5. The summed E-state index contributed by atoms with van der Waals surface area (Å²) in [7, 11) is 0. The van der Waals surface area contributed by atoms with E-state index >= 15 is 0 Å². The zero-order chi connectivity index (χ0) is 15.4. The van der Waals surface area contributed by atoms with Gasteiger partial charge < -0.3 is 9.88 Å². The summed E-state index contributed by atoms with van der Waals surface area (Å²) in [5.74, 6) is -0.132. The number of carbonyl (C=O) groups excluding carboxylic acids is 1. The van der Waals surface area contributed by atoms with E-state index in [1.54, 1.807) is 18.5 Å². The van der Waals surface area contributed by atoms with Crippen molar-refractivity contribution >= 4 is 22.9 Å². The normalized spacial score (nSPS) is 10.6. The van der Waals surface area contributed by atoms with Gasteiger partial charge in [-0.3, -0.25) is 9.78 Å². The molecule has 0 fully saturated rings. The van der Waals surface area contributed by atoms with Crippen molar-refractivity contribution in [3.63, 3.8) is 0 Å². The van der Waals surface area contributed by atoms with Gasteiger partial charge in [-0.2, -0.15) is 0 Å². The number of aromatic nitrogens is 3. The number of thiazole rings is 1. The van der Waals surface area contributed by atoms with E-state index in [0.717, 1.165) is 23.7 Å². The van der Waals surface area contributed by atoms with Gasteiger partial charge in [-0.1, -0.05) is 24.7 Å². The van der Waals surface area contributed by atoms with Crippen LogP contribution in [-0.4, -0.2) is 20.4 Å². The molecule has 0 radical (unpaired) electrons. The van der Waals surface area contributed by atoms with Crippen molar-refractivity contribution in [3.8, 4) is 5.13 Å². The van der Waals surface area contributed by atoms with Gasteiger partial charge in [0.2, 0.25) is 0 Å². The molecule has 0 saturated carbocycles. The summed E-state index contributed by atoms with van der Waals surface area (Å²) in [6.07, 6.45) is 8.89. The Bertz CT molecular complexity index is 750. The number of nitrogens with zero attached hydrogens (tertiary/aromatic N) is 3. The molecule has 1 N–H and O–H groups in total. The van der Waals surface area contributed by atoms with E-state index in [4.69, 9.17) is 0 Å². The molecule has 3 aromatic heterocycles. The van der Waals surface area contributed by atoms with Gasteiger partial charge in [0.15, 0.2) is 5.13 Å². The average molecular weight is 312 g/mol. The van der Waals surface area contributed by atoms with E-state index in [9.17, 15) is 4.79 Å². The number of pyridine rings is 1. The summed E-state index contributed by atoms with van der Waals surface area (Å²) < 4.78 is 1.92. The minimum absolute atomic E-state index is 0.132. The molecule has 0 unspecified atom stereocenters. The van der Waals surface area contributed by atoms with E-state index in [1.165, 1.54) is 11.3 Å². The van der Waals surface area contributed by atoms with Gasteiger partial charge in [-0.05, 0) is 30.7 Å². The number of amides is 1. The maximum atomic E-state index is 12.5. The van der Waals surface area contributed by atoms with Crippen molar-refractivity contribution in [2.24, 2.45) is 0 Å². The van der Waals surface area contributed by atoms with E-state index in [2.05, 4.69) is 22.2 Å². The second kappa shape index (κ2) is 6.53. The second-order valence-corrected chi connectivity index (χ2v) is 5.79. The third-order valence-corrected chi connectivity index (χ3v) is 4.23. The number of carbonyl (C=O) groups is 1. The number of nitrogens with one attached hydrogen (secondary N) is 1. The molecule has 3 heterocycles. The predicted octanol–water partition coefficient (Wildman–Crippen LogP) is 3.53. The van der Waals surface area contributed by atoms with Crippen LogP contribution in [0.2, 0.25) is 0 Å². The highest BCUT2D eigenvalue weighted by Gasteiger charge is 2.18. The lowest BCUT2D eigenvalue weighted by Crippen LogP contribution is -2.12. The molecule has 0 spiro atoms. The SMILES string of the molecule is CCCc1nc(-n2cccc2)sc1C(=O)Nc1cccnc1. The number of hydrogen-bond donors (Lipinski definition) is 1. The van der Waals surface area contributed by atoms with Crippen molar-refractivity contribution in [3.05, 3.63) is 59.6 Å². The molecule has 0 saturated heterocycles. The zero-order valence-electron chi connectivity index (χ0n) is 12.2. The van der Waals surface area contributed by atoms with Gasteiger partial charge in [-0.15, -0.1) is 0 Å². The van der Waals surface area contributed by atoms with Crippen LogP contribution in [-0.2, 0) is 6.42 Å². The van der Waals surface area contributed by atoms with Crippen LogP contribution in [0.15, 0.2) is 49.1 Å².